The normalized spacial score (nSPS) is 18.4. The van der Waals surface area contributed by atoms with E-state index >= 15 is 0 Å². The van der Waals surface area contributed by atoms with Gasteiger partial charge in [0.05, 0.1) is 20.3 Å². The van der Waals surface area contributed by atoms with E-state index in [-0.39, 0.29) is 5.97 Å². The van der Waals surface area contributed by atoms with Crippen LogP contribution in [-0.2, 0) is 16.0 Å². The first-order valence-electron chi connectivity index (χ1n) is 12.2. The number of rotatable bonds is 8. The summed E-state index contributed by atoms with van der Waals surface area (Å²) < 4.78 is 11.2. The number of carbonyl (C=O) groups is 1. The Hall–Kier alpha value is -2.93. The number of halogens is 1. The number of nitrogens with zero attached hydrogens (tertiary/aromatic N) is 4. The van der Waals surface area contributed by atoms with Crippen LogP contribution in [0.3, 0.4) is 0 Å². The average molecular weight is 542 g/mol. The third kappa shape index (κ3) is 6.15. The number of esters is 1. The summed E-state index contributed by atoms with van der Waals surface area (Å²) in [5, 5.41) is 12.2. The maximum absolute atomic E-state index is 13.1. The molecule has 1 N–H and O–H groups in total. The quantitative estimate of drug-likeness (QED) is 0.303. The first-order chi connectivity index (χ1) is 17.8. The van der Waals surface area contributed by atoms with Gasteiger partial charge in [-0.15, -0.1) is 10.2 Å². The van der Waals surface area contributed by atoms with Crippen LogP contribution in [0, 0.1) is 18.8 Å². The highest BCUT2D eigenvalue weighted by Crippen LogP contribution is 2.45. The molecule has 0 amide bonds. The monoisotopic (exact) mass is 541 g/mol. The fourth-order valence-corrected chi connectivity index (χ4v) is 5.73. The van der Waals surface area contributed by atoms with Crippen molar-refractivity contribution >= 4 is 35.1 Å². The Morgan fingerprint density at radius 2 is 2.08 bits per heavy atom. The van der Waals surface area contributed by atoms with E-state index in [0.717, 1.165) is 59.6 Å². The van der Waals surface area contributed by atoms with Crippen LogP contribution in [0.25, 0.3) is 0 Å². The second kappa shape index (κ2) is 12.1. The van der Waals surface area contributed by atoms with Gasteiger partial charge in [0, 0.05) is 28.8 Å². The lowest BCUT2D eigenvalue weighted by Gasteiger charge is -2.41. The third-order valence-electron chi connectivity index (χ3n) is 6.20. The van der Waals surface area contributed by atoms with Crippen molar-refractivity contribution in [2.24, 2.45) is 0 Å². The Balaban J connectivity index is 1.35. The minimum atomic E-state index is -1.13. The number of thioether (sulfide) groups is 1. The van der Waals surface area contributed by atoms with E-state index in [1.807, 2.05) is 61.3 Å². The van der Waals surface area contributed by atoms with Crippen LogP contribution in [0.5, 0.6) is 5.75 Å². The molecule has 0 saturated carbocycles. The molecular weight excluding hydrogens is 510 g/mol. The Labute approximate surface area is 227 Å². The zero-order valence-corrected chi connectivity index (χ0v) is 23.2. The van der Waals surface area contributed by atoms with Crippen LogP contribution in [0.1, 0.15) is 36.0 Å². The van der Waals surface area contributed by atoms with Crippen LogP contribution in [0.2, 0.25) is 5.15 Å². The van der Waals surface area contributed by atoms with E-state index in [1.54, 1.807) is 0 Å². The zero-order valence-electron chi connectivity index (χ0n) is 21.6. The van der Waals surface area contributed by atoms with Crippen LogP contribution >= 0.6 is 23.4 Å². The molecule has 2 aromatic rings. The molecule has 0 aliphatic carbocycles. The average Bonchev–Trinajstić information content (AvgIpc) is 3.34. The lowest BCUT2D eigenvalue weighted by atomic mass is 10.0. The van der Waals surface area contributed by atoms with Crippen molar-refractivity contribution in [3.63, 3.8) is 0 Å². The number of ether oxygens (including phenoxy) is 2. The van der Waals surface area contributed by atoms with E-state index in [4.69, 9.17) is 21.1 Å². The second-order valence-corrected chi connectivity index (χ2v) is 10.9. The first-order valence-corrected chi connectivity index (χ1v) is 13.4. The fraction of sp³-hybridized carbons (Fsp3) is 0.444. The lowest BCUT2D eigenvalue weighted by Crippen LogP contribution is -2.61. The molecule has 0 saturated heterocycles. The van der Waals surface area contributed by atoms with Crippen LogP contribution in [-0.4, -0.2) is 67.0 Å². The SMILES string of the molecule is COC(=O)C1(N2CCCc3c2nnc(Cl)c3C)NC=C(CCCOc2ccc(C#CCN(C)C)cc2)S1. The van der Waals surface area contributed by atoms with Gasteiger partial charge in [-0.25, -0.2) is 4.79 Å². The molecule has 2 aliphatic heterocycles. The van der Waals surface area contributed by atoms with Gasteiger partial charge in [0.2, 0.25) is 0 Å². The van der Waals surface area contributed by atoms with Gasteiger partial charge >= 0.3 is 5.97 Å². The third-order valence-corrected chi connectivity index (χ3v) is 7.94. The van der Waals surface area contributed by atoms with Crippen molar-refractivity contribution < 1.29 is 14.3 Å². The summed E-state index contributed by atoms with van der Waals surface area (Å²) in [6.45, 7) is 3.88. The smallest absolute Gasteiger partial charge is 0.364 e. The van der Waals surface area contributed by atoms with Crippen molar-refractivity contribution in [3.05, 3.63) is 57.2 Å². The highest BCUT2D eigenvalue weighted by Gasteiger charge is 2.51. The Bertz CT molecular complexity index is 1230. The molecule has 1 atom stereocenters. The van der Waals surface area contributed by atoms with E-state index in [9.17, 15) is 4.79 Å². The van der Waals surface area contributed by atoms with Crippen molar-refractivity contribution in [2.45, 2.75) is 37.6 Å². The molecule has 4 rings (SSSR count). The van der Waals surface area contributed by atoms with Gasteiger partial charge in [-0.05, 0) is 76.5 Å². The summed E-state index contributed by atoms with van der Waals surface area (Å²) >= 11 is 7.67. The van der Waals surface area contributed by atoms with Gasteiger partial charge in [-0.2, -0.15) is 0 Å². The van der Waals surface area contributed by atoms with Gasteiger partial charge in [-0.3, -0.25) is 4.90 Å². The molecule has 37 heavy (non-hydrogen) atoms. The molecular formula is C27H32ClN5O3S. The maximum Gasteiger partial charge on any atom is 0.364 e. The number of fused-ring (bicyclic) bond motifs is 1. The van der Waals surface area contributed by atoms with Crippen molar-refractivity contribution in [1.29, 1.82) is 0 Å². The molecule has 0 bridgehead atoms. The minimum Gasteiger partial charge on any atom is -0.494 e. The first kappa shape index (κ1) is 27.1. The Morgan fingerprint density at radius 1 is 1.30 bits per heavy atom. The molecule has 1 aromatic carbocycles. The summed E-state index contributed by atoms with van der Waals surface area (Å²) in [6.07, 6.45) is 5.17. The van der Waals surface area contributed by atoms with E-state index < -0.39 is 4.99 Å². The lowest BCUT2D eigenvalue weighted by molar-refractivity contribution is -0.144. The topological polar surface area (TPSA) is 79.8 Å². The number of nitrogens with one attached hydrogen (secondary N) is 1. The standard InChI is InChI=1S/C27H32ClN5O3S/c1-19-23-10-6-16-33(25(23)31-30-24(19)28)27(26(34)35-4)29-18-22(37-27)9-7-17-36-21-13-11-20(12-14-21)8-5-15-32(2)3/h11-14,18,29H,6-7,9-10,15-17H2,1-4H3. The van der Waals surface area contributed by atoms with Gasteiger partial charge in [0.15, 0.2) is 11.0 Å². The predicted molar refractivity (Wildman–Crippen MR) is 148 cm³/mol. The van der Waals surface area contributed by atoms with Crippen molar-refractivity contribution in [3.8, 4) is 17.6 Å². The van der Waals surface area contributed by atoms with Crippen molar-refractivity contribution in [1.82, 2.24) is 20.4 Å². The molecule has 3 heterocycles. The molecule has 0 fully saturated rings. The maximum atomic E-state index is 13.1. The Morgan fingerprint density at radius 3 is 2.81 bits per heavy atom. The fourth-order valence-electron chi connectivity index (χ4n) is 4.26. The molecule has 196 valence electrons. The van der Waals surface area contributed by atoms with Crippen LogP contribution < -0.4 is 15.0 Å². The molecule has 10 heteroatoms. The zero-order chi connectivity index (χ0) is 26.4. The molecule has 2 aliphatic rings. The highest BCUT2D eigenvalue weighted by molar-refractivity contribution is 8.05. The van der Waals surface area contributed by atoms with E-state index in [1.165, 1.54) is 18.9 Å². The van der Waals surface area contributed by atoms with Gasteiger partial charge in [0.25, 0.3) is 4.99 Å². The highest BCUT2D eigenvalue weighted by atomic mass is 35.5. The summed E-state index contributed by atoms with van der Waals surface area (Å²) in [5.74, 6) is 7.38. The number of hydrogen-bond donors (Lipinski definition) is 1. The number of allylic oxidation sites excluding steroid dienone is 1. The summed E-state index contributed by atoms with van der Waals surface area (Å²) in [6, 6.07) is 7.82. The summed E-state index contributed by atoms with van der Waals surface area (Å²) in [4.78, 5) is 17.0. The largest absolute Gasteiger partial charge is 0.494 e. The van der Waals surface area contributed by atoms with Crippen molar-refractivity contribution in [2.75, 3.05) is 45.8 Å². The van der Waals surface area contributed by atoms with E-state index in [2.05, 4.69) is 27.4 Å². The molecule has 1 unspecified atom stereocenters. The number of carbonyl (C=O) groups excluding carboxylic acids is 1. The van der Waals surface area contributed by atoms with Gasteiger partial charge in [-0.1, -0.05) is 35.2 Å². The number of hydrogen-bond acceptors (Lipinski definition) is 9. The molecule has 8 nitrogen and oxygen atoms in total. The predicted octanol–water partition coefficient (Wildman–Crippen LogP) is 3.97. The number of methoxy groups -OCH3 is 1. The summed E-state index contributed by atoms with van der Waals surface area (Å²) in [7, 11) is 5.40. The van der Waals surface area contributed by atoms with E-state index in [0.29, 0.717) is 24.1 Å². The number of anilines is 1. The van der Waals surface area contributed by atoms with Crippen LogP contribution in [0.15, 0.2) is 35.4 Å². The van der Waals surface area contributed by atoms with Gasteiger partial charge < -0.3 is 19.7 Å². The number of aromatic nitrogens is 2. The minimum absolute atomic E-state index is 0.379. The molecule has 0 radical (unpaired) electrons. The van der Waals surface area contributed by atoms with Crippen LogP contribution in [0.4, 0.5) is 5.82 Å². The molecule has 1 aromatic heterocycles. The Kier molecular flexibility index (Phi) is 8.85. The summed E-state index contributed by atoms with van der Waals surface area (Å²) in [5.41, 5.74) is 2.89. The number of benzene rings is 1. The molecule has 0 spiro atoms. The second-order valence-electron chi connectivity index (χ2n) is 9.18. The van der Waals surface area contributed by atoms with Gasteiger partial charge in [0.1, 0.15) is 5.75 Å².